The first-order chi connectivity index (χ1) is 9.09. The number of carbonyl (C=O) groups excluding carboxylic acids is 1. The summed E-state index contributed by atoms with van der Waals surface area (Å²) in [6, 6.07) is 9.86. The molecule has 2 N–H and O–H groups in total. The lowest BCUT2D eigenvalue weighted by molar-refractivity contribution is -0.138. The Morgan fingerprint density at radius 2 is 1.95 bits per heavy atom. The average molecular weight is 279 g/mol. The first-order valence-electron chi connectivity index (χ1n) is 6.32. The van der Waals surface area contributed by atoms with Crippen molar-refractivity contribution in [2.75, 3.05) is 6.54 Å². The second-order valence-electron chi connectivity index (χ2n) is 4.80. The van der Waals surface area contributed by atoms with Gasteiger partial charge in [0.25, 0.3) is 0 Å². The van der Waals surface area contributed by atoms with Crippen molar-refractivity contribution in [2.45, 2.75) is 24.0 Å². The van der Waals surface area contributed by atoms with Gasteiger partial charge in [0.1, 0.15) is 6.54 Å². The molecule has 0 aliphatic heterocycles. The van der Waals surface area contributed by atoms with Gasteiger partial charge in [0.15, 0.2) is 0 Å². The molecule has 1 saturated carbocycles. The van der Waals surface area contributed by atoms with E-state index in [1.165, 1.54) is 0 Å². The molecule has 5 heteroatoms. The van der Waals surface area contributed by atoms with Crippen molar-refractivity contribution in [2.24, 2.45) is 5.92 Å². The van der Waals surface area contributed by atoms with Gasteiger partial charge >= 0.3 is 5.97 Å². The standard InChI is InChI=1S/C14H17NO3S/c16-12(17)8-15-14(18)13-10(6-7-11(13)19)9-4-2-1-3-5-9/h1-5,10-11,13,19H,6-8H2,(H,15,18)(H,16,17)/t10-,11-,13-/m1/s1. The van der Waals surface area contributed by atoms with E-state index in [0.29, 0.717) is 0 Å². The Bertz CT molecular complexity index is 463. The second kappa shape index (κ2) is 6.10. The maximum atomic E-state index is 12.1. The van der Waals surface area contributed by atoms with Gasteiger partial charge in [0.2, 0.25) is 5.91 Å². The fraction of sp³-hybridized carbons (Fsp3) is 0.429. The van der Waals surface area contributed by atoms with Crippen LogP contribution in [0.15, 0.2) is 30.3 Å². The normalized spacial score (nSPS) is 26.1. The Kier molecular flexibility index (Phi) is 4.47. The number of rotatable bonds is 4. The van der Waals surface area contributed by atoms with Crippen LogP contribution >= 0.6 is 12.6 Å². The number of benzene rings is 1. The van der Waals surface area contributed by atoms with E-state index in [-0.39, 0.29) is 29.5 Å². The summed E-state index contributed by atoms with van der Waals surface area (Å²) in [4.78, 5) is 22.6. The molecular formula is C14H17NO3S. The maximum absolute atomic E-state index is 12.1. The molecule has 1 aliphatic carbocycles. The lowest BCUT2D eigenvalue weighted by Gasteiger charge is -2.21. The van der Waals surface area contributed by atoms with Crippen molar-refractivity contribution >= 4 is 24.5 Å². The monoisotopic (exact) mass is 279 g/mol. The minimum Gasteiger partial charge on any atom is -0.480 e. The SMILES string of the molecule is O=C(O)CNC(=O)[C@H]1[C@H](S)CC[C@@H]1c1ccccc1. The summed E-state index contributed by atoms with van der Waals surface area (Å²) in [5, 5.41) is 11.1. The summed E-state index contributed by atoms with van der Waals surface area (Å²) in [7, 11) is 0. The van der Waals surface area contributed by atoms with E-state index in [4.69, 9.17) is 5.11 Å². The van der Waals surface area contributed by atoms with Crippen molar-refractivity contribution in [3.63, 3.8) is 0 Å². The minimum atomic E-state index is -1.03. The van der Waals surface area contributed by atoms with Crippen LogP contribution in [-0.2, 0) is 9.59 Å². The summed E-state index contributed by atoms with van der Waals surface area (Å²) in [6.07, 6.45) is 1.77. The lowest BCUT2D eigenvalue weighted by atomic mass is 9.88. The van der Waals surface area contributed by atoms with Gasteiger partial charge in [-0.3, -0.25) is 9.59 Å². The lowest BCUT2D eigenvalue weighted by Crippen LogP contribution is -2.38. The fourth-order valence-corrected chi connectivity index (χ4v) is 3.18. The van der Waals surface area contributed by atoms with Crippen LogP contribution in [-0.4, -0.2) is 28.8 Å². The second-order valence-corrected chi connectivity index (χ2v) is 5.46. The number of thiol groups is 1. The van der Waals surface area contributed by atoms with E-state index < -0.39 is 5.97 Å². The Balaban J connectivity index is 2.11. The molecular weight excluding hydrogens is 262 g/mol. The highest BCUT2D eigenvalue weighted by atomic mass is 32.1. The van der Waals surface area contributed by atoms with Crippen LogP contribution in [0, 0.1) is 5.92 Å². The van der Waals surface area contributed by atoms with Crippen LogP contribution < -0.4 is 5.32 Å². The highest BCUT2D eigenvalue weighted by molar-refractivity contribution is 7.81. The molecule has 0 unspecified atom stereocenters. The third-order valence-electron chi connectivity index (χ3n) is 3.57. The van der Waals surface area contributed by atoms with Crippen molar-refractivity contribution in [1.29, 1.82) is 0 Å². The van der Waals surface area contributed by atoms with Gasteiger partial charge in [-0.05, 0) is 24.3 Å². The average Bonchev–Trinajstić information content (AvgIpc) is 2.79. The van der Waals surface area contributed by atoms with Gasteiger partial charge < -0.3 is 10.4 Å². The highest BCUT2D eigenvalue weighted by Gasteiger charge is 2.39. The molecule has 1 aromatic rings. The van der Waals surface area contributed by atoms with Gasteiger partial charge in [0.05, 0.1) is 5.92 Å². The number of hydrogen-bond donors (Lipinski definition) is 3. The Morgan fingerprint density at radius 3 is 2.58 bits per heavy atom. The number of carboxylic acid groups (broad SMARTS) is 1. The molecule has 0 aromatic heterocycles. The predicted molar refractivity (Wildman–Crippen MR) is 75.3 cm³/mol. The zero-order chi connectivity index (χ0) is 13.8. The van der Waals surface area contributed by atoms with E-state index in [2.05, 4.69) is 17.9 Å². The largest absolute Gasteiger partial charge is 0.480 e. The molecule has 0 radical (unpaired) electrons. The molecule has 0 saturated heterocycles. The molecule has 0 heterocycles. The zero-order valence-corrected chi connectivity index (χ0v) is 11.3. The van der Waals surface area contributed by atoms with Crippen LogP contribution in [0.25, 0.3) is 0 Å². The first kappa shape index (κ1) is 13.9. The van der Waals surface area contributed by atoms with E-state index >= 15 is 0 Å². The van der Waals surface area contributed by atoms with E-state index in [1.54, 1.807) is 0 Å². The summed E-state index contributed by atoms with van der Waals surface area (Å²) in [5.74, 6) is -1.38. The van der Waals surface area contributed by atoms with Gasteiger partial charge in [-0.2, -0.15) is 12.6 Å². The molecule has 4 nitrogen and oxygen atoms in total. The van der Waals surface area contributed by atoms with Crippen molar-refractivity contribution < 1.29 is 14.7 Å². The number of carbonyl (C=O) groups is 2. The first-order valence-corrected chi connectivity index (χ1v) is 6.83. The molecule has 1 amide bonds. The van der Waals surface area contributed by atoms with Gasteiger partial charge in [-0.1, -0.05) is 30.3 Å². The molecule has 102 valence electrons. The molecule has 0 spiro atoms. The smallest absolute Gasteiger partial charge is 0.322 e. The molecule has 19 heavy (non-hydrogen) atoms. The Hall–Kier alpha value is -1.49. The van der Waals surface area contributed by atoms with Crippen LogP contribution in [0.4, 0.5) is 0 Å². The van der Waals surface area contributed by atoms with Gasteiger partial charge in [0, 0.05) is 5.25 Å². The fourth-order valence-electron chi connectivity index (χ4n) is 2.69. The topological polar surface area (TPSA) is 66.4 Å². The third-order valence-corrected chi connectivity index (χ3v) is 4.15. The quantitative estimate of drug-likeness (QED) is 0.735. The molecule has 3 atom stereocenters. The molecule has 1 aromatic carbocycles. The zero-order valence-electron chi connectivity index (χ0n) is 10.5. The van der Waals surface area contributed by atoms with Crippen LogP contribution in [0.1, 0.15) is 24.3 Å². The minimum absolute atomic E-state index is 0.0148. The number of nitrogens with one attached hydrogen (secondary N) is 1. The number of hydrogen-bond acceptors (Lipinski definition) is 3. The molecule has 0 bridgehead atoms. The molecule has 1 fully saturated rings. The summed E-state index contributed by atoms with van der Waals surface area (Å²) in [6.45, 7) is -0.336. The van der Waals surface area contributed by atoms with E-state index in [1.807, 2.05) is 30.3 Å². The van der Waals surface area contributed by atoms with Crippen LogP contribution in [0.3, 0.4) is 0 Å². The van der Waals surface area contributed by atoms with Crippen molar-refractivity contribution in [1.82, 2.24) is 5.32 Å². The maximum Gasteiger partial charge on any atom is 0.322 e. The summed E-state index contributed by atoms with van der Waals surface area (Å²) in [5.41, 5.74) is 1.12. The third kappa shape index (κ3) is 3.29. The molecule has 1 aliphatic rings. The van der Waals surface area contributed by atoms with Crippen LogP contribution in [0.2, 0.25) is 0 Å². The number of aliphatic carboxylic acids is 1. The van der Waals surface area contributed by atoms with Gasteiger partial charge in [-0.15, -0.1) is 0 Å². The predicted octanol–water partition coefficient (Wildman–Crippen LogP) is 1.68. The van der Waals surface area contributed by atoms with E-state index in [0.717, 1.165) is 18.4 Å². The highest BCUT2D eigenvalue weighted by Crippen LogP contribution is 2.42. The Labute approximate surface area is 117 Å². The van der Waals surface area contributed by atoms with E-state index in [9.17, 15) is 9.59 Å². The summed E-state index contributed by atoms with van der Waals surface area (Å²) >= 11 is 4.47. The number of amides is 1. The summed E-state index contributed by atoms with van der Waals surface area (Å²) < 4.78 is 0. The number of carboxylic acids is 1. The van der Waals surface area contributed by atoms with Crippen LogP contribution in [0.5, 0.6) is 0 Å². The Morgan fingerprint density at radius 1 is 1.26 bits per heavy atom. The van der Waals surface area contributed by atoms with Crippen molar-refractivity contribution in [3.8, 4) is 0 Å². The molecule has 2 rings (SSSR count). The van der Waals surface area contributed by atoms with Gasteiger partial charge in [-0.25, -0.2) is 0 Å². The van der Waals surface area contributed by atoms with Crippen molar-refractivity contribution in [3.05, 3.63) is 35.9 Å².